The van der Waals surface area contributed by atoms with Gasteiger partial charge in [0.1, 0.15) is 0 Å². The van der Waals surface area contributed by atoms with E-state index in [0.29, 0.717) is 5.02 Å². The zero-order valence-corrected chi connectivity index (χ0v) is 11.0. The van der Waals surface area contributed by atoms with E-state index < -0.39 is 0 Å². The third-order valence-electron chi connectivity index (χ3n) is 2.94. The first kappa shape index (κ1) is 12.9. The smallest absolute Gasteiger partial charge is 0.0759 e. The molecule has 0 aliphatic rings. The van der Waals surface area contributed by atoms with Gasteiger partial charge in [-0.3, -0.25) is 0 Å². The van der Waals surface area contributed by atoms with E-state index in [2.05, 4.69) is 5.32 Å². The van der Waals surface area contributed by atoms with E-state index in [1.165, 1.54) is 0 Å². The minimum atomic E-state index is -0.195. The second-order valence-electron chi connectivity index (χ2n) is 4.22. The van der Waals surface area contributed by atoms with Gasteiger partial charge in [0.15, 0.2) is 0 Å². The fourth-order valence-electron chi connectivity index (χ4n) is 1.90. The van der Waals surface area contributed by atoms with Crippen LogP contribution in [0.2, 0.25) is 5.02 Å². The SMILES string of the molecule is Cc1ccccc1NC(CO)c1ccccc1Cl. The average molecular weight is 262 g/mol. The van der Waals surface area contributed by atoms with Gasteiger partial charge < -0.3 is 10.4 Å². The molecule has 0 saturated carbocycles. The summed E-state index contributed by atoms with van der Waals surface area (Å²) < 4.78 is 0. The second kappa shape index (κ2) is 5.89. The molecule has 0 aliphatic carbocycles. The summed E-state index contributed by atoms with van der Waals surface area (Å²) in [5.74, 6) is 0. The second-order valence-corrected chi connectivity index (χ2v) is 4.62. The molecule has 1 unspecified atom stereocenters. The Morgan fingerprint density at radius 1 is 1.11 bits per heavy atom. The van der Waals surface area contributed by atoms with Crippen molar-refractivity contribution in [3.63, 3.8) is 0 Å². The van der Waals surface area contributed by atoms with Crippen molar-refractivity contribution in [2.45, 2.75) is 13.0 Å². The Kier molecular flexibility index (Phi) is 4.24. The number of para-hydroxylation sites is 1. The van der Waals surface area contributed by atoms with Crippen LogP contribution >= 0.6 is 11.6 Å². The third kappa shape index (κ3) is 2.84. The number of halogens is 1. The number of aliphatic hydroxyl groups excluding tert-OH is 1. The van der Waals surface area contributed by atoms with Gasteiger partial charge in [0, 0.05) is 10.7 Å². The van der Waals surface area contributed by atoms with E-state index >= 15 is 0 Å². The Morgan fingerprint density at radius 2 is 1.78 bits per heavy atom. The Balaban J connectivity index is 2.26. The molecule has 0 bridgehead atoms. The largest absolute Gasteiger partial charge is 0.394 e. The van der Waals surface area contributed by atoms with Crippen LogP contribution in [0.25, 0.3) is 0 Å². The lowest BCUT2D eigenvalue weighted by molar-refractivity contribution is 0.276. The van der Waals surface area contributed by atoms with Crippen LogP contribution in [0.3, 0.4) is 0 Å². The van der Waals surface area contributed by atoms with Crippen LogP contribution in [0.5, 0.6) is 0 Å². The van der Waals surface area contributed by atoms with Gasteiger partial charge in [-0.2, -0.15) is 0 Å². The Bertz CT molecular complexity index is 527. The molecule has 0 radical (unpaired) electrons. The molecule has 0 spiro atoms. The average Bonchev–Trinajstić information content (AvgIpc) is 2.39. The lowest BCUT2D eigenvalue weighted by Crippen LogP contribution is -2.15. The van der Waals surface area contributed by atoms with E-state index in [1.807, 2.05) is 55.5 Å². The molecule has 2 aromatic rings. The normalized spacial score (nSPS) is 12.2. The van der Waals surface area contributed by atoms with Crippen molar-refractivity contribution in [3.8, 4) is 0 Å². The summed E-state index contributed by atoms with van der Waals surface area (Å²) in [4.78, 5) is 0. The van der Waals surface area contributed by atoms with Crippen LogP contribution in [0.15, 0.2) is 48.5 Å². The van der Waals surface area contributed by atoms with Gasteiger partial charge in [-0.1, -0.05) is 48.0 Å². The predicted molar refractivity (Wildman–Crippen MR) is 76.1 cm³/mol. The van der Waals surface area contributed by atoms with Crippen molar-refractivity contribution >= 4 is 17.3 Å². The molecule has 1 atom stereocenters. The highest BCUT2D eigenvalue weighted by Crippen LogP contribution is 2.26. The van der Waals surface area contributed by atoms with Gasteiger partial charge in [0.05, 0.1) is 12.6 Å². The number of hydrogen-bond acceptors (Lipinski definition) is 2. The van der Waals surface area contributed by atoms with Crippen molar-refractivity contribution in [1.29, 1.82) is 0 Å². The monoisotopic (exact) mass is 261 g/mol. The molecular weight excluding hydrogens is 246 g/mol. The minimum absolute atomic E-state index is 0.00192. The number of hydrogen-bond donors (Lipinski definition) is 2. The van der Waals surface area contributed by atoms with Crippen LogP contribution in [0.4, 0.5) is 5.69 Å². The number of aryl methyl sites for hydroxylation is 1. The molecule has 0 amide bonds. The van der Waals surface area contributed by atoms with Crippen LogP contribution in [-0.4, -0.2) is 11.7 Å². The number of rotatable bonds is 4. The first-order valence-corrected chi connectivity index (χ1v) is 6.27. The molecule has 18 heavy (non-hydrogen) atoms. The first-order chi connectivity index (χ1) is 8.72. The molecule has 0 aliphatic heterocycles. The third-order valence-corrected chi connectivity index (χ3v) is 3.28. The van der Waals surface area contributed by atoms with Gasteiger partial charge in [-0.25, -0.2) is 0 Å². The summed E-state index contributed by atoms with van der Waals surface area (Å²) in [6.45, 7) is 2.03. The van der Waals surface area contributed by atoms with Gasteiger partial charge in [0.25, 0.3) is 0 Å². The van der Waals surface area contributed by atoms with Crippen LogP contribution in [0, 0.1) is 6.92 Å². The maximum absolute atomic E-state index is 9.53. The standard InChI is InChI=1S/C15H16ClNO/c1-11-6-2-5-9-14(11)17-15(10-18)12-7-3-4-8-13(12)16/h2-9,15,17-18H,10H2,1H3. The highest BCUT2D eigenvalue weighted by atomic mass is 35.5. The van der Waals surface area contributed by atoms with E-state index in [4.69, 9.17) is 11.6 Å². The lowest BCUT2D eigenvalue weighted by Gasteiger charge is -2.20. The minimum Gasteiger partial charge on any atom is -0.394 e. The van der Waals surface area contributed by atoms with Crippen molar-refractivity contribution in [2.75, 3.05) is 11.9 Å². The quantitative estimate of drug-likeness (QED) is 0.878. The molecule has 0 aromatic heterocycles. The van der Waals surface area contributed by atoms with Gasteiger partial charge in [0.2, 0.25) is 0 Å². The first-order valence-electron chi connectivity index (χ1n) is 5.90. The van der Waals surface area contributed by atoms with E-state index in [-0.39, 0.29) is 12.6 Å². The van der Waals surface area contributed by atoms with Crippen molar-refractivity contribution in [3.05, 3.63) is 64.7 Å². The number of anilines is 1. The lowest BCUT2D eigenvalue weighted by atomic mass is 10.1. The molecular formula is C15H16ClNO. The van der Waals surface area contributed by atoms with Crippen molar-refractivity contribution in [1.82, 2.24) is 0 Å². The topological polar surface area (TPSA) is 32.3 Å². The zero-order valence-electron chi connectivity index (χ0n) is 10.2. The van der Waals surface area contributed by atoms with E-state index in [0.717, 1.165) is 16.8 Å². The highest BCUT2D eigenvalue weighted by Gasteiger charge is 2.13. The molecule has 2 N–H and O–H groups in total. The number of aliphatic hydroxyl groups is 1. The molecule has 0 heterocycles. The molecule has 2 rings (SSSR count). The Labute approximate surface area is 112 Å². The summed E-state index contributed by atoms with van der Waals surface area (Å²) in [6.07, 6.45) is 0. The van der Waals surface area contributed by atoms with Crippen LogP contribution in [0.1, 0.15) is 17.2 Å². The summed E-state index contributed by atoms with van der Waals surface area (Å²) in [7, 11) is 0. The number of nitrogens with one attached hydrogen (secondary N) is 1. The number of benzene rings is 2. The molecule has 0 fully saturated rings. The maximum atomic E-state index is 9.53. The van der Waals surface area contributed by atoms with Crippen LogP contribution in [-0.2, 0) is 0 Å². The Hall–Kier alpha value is -1.51. The summed E-state index contributed by atoms with van der Waals surface area (Å²) in [6, 6.07) is 15.4. The fraction of sp³-hybridized carbons (Fsp3) is 0.200. The highest BCUT2D eigenvalue weighted by molar-refractivity contribution is 6.31. The van der Waals surface area contributed by atoms with Crippen LogP contribution < -0.4 is 5.32 Å². The van der Waals surface area contributed by atoms with E-state index in [1.54, 1.807) is 0 Å². The summed E-state index contributed by atoms with van der Waals surface area (Å²) >= 11 is 6.15. The van der Waals surface area contributed by atoms with Gasteiger partial charge in [-0.05, 0) is 30.2 Å². The predicted octanol–water partition coefficient (Wildman–Crippen LogP) is 3.79. The van der Waals surface area contributed by atoms with Gasteiger partial charge in [-0.15, -0.1) is 0 Å². The summed E-state index contributed by atoms with van der Waals surface area (Å²) in [5, 5.41) is 13.5. The van der Waals surface area contributed by atoms with Gasteiger partial charge >= 0.3 is 0 Å². The molecule has 94 valence electrons. The van der Waals surface area contributed by atoms with Crippen molar-refractivity contribution in [2.24, 2.45) is 0 Å². The molecule has 2 aromatic carbocycles. The molecule has 3 heteroatoms. The zero-order chi connectivity index (χ0) is 13.0. The molecule has 2 nitrogen and oxygen atoms in total. The molecule has 0 saturated heterocycles. The Morgan fingerprint density at radius 3 is 2.44 bits per heavy atom. The summed E-state index contributed by atoms with van der Waals surface area (Å²) in [5.41, 5.74) is 3.06. The van der Waals surface area contributed by atoms with E-state index in [9.17, 15) is 5.11 Å². The van der Waals surface area contributed by atoms with Crippen molar-refractivity contribution < 1.29 is 5.11 Å². The maximum Gasteiger partial charge on any atom is 0.0759 e. The fourth-order valence-corrected chi connectivity index (χ4v) is 2.17.